The normalized spacial score (nSPS) is 13.4. The summed E-state index contributed by atoms with van der Waals surface area (Å²) in [5.74, 6) is -2.13. The first-order valence-electron chi connectivity index (χ1n) is 9.49. The van der Waals surface area contributed by atoms with E-state index in [4.69, 9.17) is 0 Å². The van der Waals surface area contributed by atoms with Gasteiger partial charge in [0.05, 0.1) is 0 Å². The molecule has 0 saturated heterocycles. The Labute approximate surface area is 172 Å². The summed E-state index contributed by atoms with van der Waals surface area (Å²) in [5.41, 5.74) is 3.76. The molecule has 1 heterocycles. The first-order chi connectivity index (χ1) is 14.2. The van der Waals surface area contributed by atoms with Gasteiger partial charge in [0.15, 0.2) is 0 Å². The van der Waals surface area contributed by atoms with Crippen LogP contribution in [0.15, 0.2) is 42.5 Å². The number of rotatable bonds is 5. The number of amides is 2. The van der Waals surface area contributed by atoms with Gasteiger partial charge in [-0.3, -0.25) is 9.59 Å². The van der Waals surface area contributed by atoms with E-state index in [0.717, 1.165) is 37.1 Å². The number of carbonyl (C=O) groups excluding carboxylic acids is 2. The molecule has 2 amide bonds. The Kier molecular flexibility index (Phi) is 6.49. The highest BCUT2D eigenvalue weighted by Gasteiger charge is 2.31. The fourth-order valence-corrected chi connectivity index (χ4v) is 3.32. The molecule has 2 N–H and O–H groups in total. The van der Waals surface area contributed by atoms with E-state index in [9.17, 15) is 22.8 Å². The van der Waals surface area contributed by atoms with E-state index in [0.29, 0.717) is 13.0 Å². The van der Waals surface area contributed by atoms with Crippen LogP contribution >= 0.6 is 0 Å². The third-order valence-electron chi connectivity index (χ3n) is 4.75. The van der Waals surface area contributed by atoms with Crippen molar-refractivity contribution in [3.8, 4) is 5.75 Å². The van der Waals surface area contributed by atoms with Crippen molar-refractivity contribution in [2.45, 2.75) is 25.6 Å². The fraction of sp³-hybridized carbons (Fsp3) is 0.333. The van der Waals surface area contributed by atoms with Gasteiger partial charge >= 0.3 is 18.2 Å². The van der Waals surface area contributed by atoms with Crippen LogP contribution in [0.5, 0.6) is 5.75 Å². The third-order valence-corrected chi connectivity index (χ3v) is 4.75. The van der Waals surface area contributed by atoms with Crippen LogP contribution in [0.2, 0.25) is 0 Å². The molecule has 1 aliphatic heterocycles. The minimum atomic E-state index is -4.79. The van der Waals surface area contributed by atoms with E-state index >= 15 is 0 Å². The maximum absolute atomic E-state index is 12.2. The second-order valence-corrected chi connectivity index (χ2v) is 7.02. The van der Waals surface area contributed by atoms with Crippen molar-refractivity contribution in [3.63, 3.8) is 0 Å². The van der Waals surface area contributed by atoms with Crippen LogP contribution in [0.1, 0.15) is 17.5 Å². The van der Waals surface area contributed by atoms with Gasteiger partial charge in [0, 0.05) is 31.5 Å². The van der Waals surface area contributed by atoms with Gasteiger partial charge in [0.1, 0.15) is 5.75 Å². The number of carbonyl (C=O) groups is 2. The first-order valence-corrected chi connectivity index (χ1v) is 9.49. The van der Waals surface area contributed by atoms with E-state index < -0.39 is 23.9 Å². The van der Waals surface area contributed by atoms with Crippen molar-refractivity contribution in [2.75, 3.05) is 30.4 Å². The van der Waals surface area contributed by atoms with Gasteiger partial charge in [-0.1, -0.05) is 12.1 Å². The van der Waals surface area contributed by atoms with Crippen LogP contribution < -0.4 is 20.3 Å². The van der Waals surface area contributed by atoms with Crippen molar-refractivity contribution in [1.82, 2.24) is 5.32 Å². The number of halogens is 3. The maximum atomic E-state index is 12.2. The Hall–Kier alpha value is -3.23. The van der Waals surface area contributed by atoms with Crippen molar-refractivity contribution in [2.24, 2.45) is 0 Å². The highest BCUT2D eigenvalue weighted by Crippen LogP contribution is 2.27. The Morgan fingerprint density at radius 1 is 1.10 bits per heavy atom. The third kappa shape index (κ3) is 5.88. The molecule has 0 radical (unpaired) electrons. The molecule has 9 heteroatoms. The molecule has 2 aromatic rings. The van der Waals surface area contributed by atoms with Gasteiger partial charge in [-0.25, -0.2) is 0 Å². The van der Waals surface area contributed by atoms with E-state index in [1.165, 1.54) is 23.4 Å². The van der Waals surface area contributed by atoms with E-state index in [1.54, 1.807) is 0 Å². The number of benzene rings is 2. The van der Waals surface area contributed by atoms with Gasteiger partial charge in [-0.15, -0.1) is 13.2 Å². The van der Waals surface area contributed by atoms with Gasteiger partial charge in [0.2, 0.25) is 0 Å². The highest BCUT2D eigenvalue weighted by molar-refractivity contribution is 6.39. The number of alkyl halides is 3. The van der Waals surface area contributed by atoms with E-state index in [2.05, 4.69) is 39.5 Å². The smallest absolute Gasteiger partial charge is 0.406 e. The number of hydrogen-bond acceptors (Lipinski definition) is 4. The fourth-order valence-electron chi connectivity index (χ4n) is 3.32. The van der Waals surface area contributed by atoms with Crippen molar-refractivity contribution in [1.29, 1.82) is 0 Å². The number of nitrogens with one attached hydrogen (secondary N) is 2. The summed E-state index contributed by atoms with van der Waals surface area (Å²) in [4.78, 5) is 26.1. The van der Waals surface area contributed by atoms with Crippen LogP contribution in [0.3, 0.4) is 0 Å². The second-order valence-electron chi connectivity index (χ2n) is 7.02. The summed E-state index contributed by atoms with van der Waals surface area (Å²) in [7, 11) is 2.06. The van der Waals surface area contributed by atoms with Crippen LogP contribution in [0.4, 0.5) is 24.5 Å². The Bertz CT molecular complexity index is 914. The highest BCUT2D eigenvalue weighted by atomic mass is 19.4. The number of fused-ring (bicyclic) bond motifs is 1. The molecule has 6 nitrogen and oxygen atoms in total. The van der Waals surface area contributed by atoms with Gasteiger partial charge < -0.3 is 20.3 Å². The molecular formula is C21H22F3N3O3. The van der Waals surface area contributed by atoms with Crippen LogP contribution in [0.25, 0.3) is 0 Å². The lowest BCUT2D eigenvalue weighted by atomic mass is 9.98. The average Bonchev–Trinajstić information content (AvgIpc) is 2.68. The molecular weight excluding hydrogens is 399 g/mol. The molecule has 0 aromatic heterocycles. The predicted molar refractivity (Wildman–Crippen MR) is 107 cm³/mol. The monoisotopic (exact) mass is 421 g/mol. The van der Waals surface area contributed by atoms with Crippen molar-refractivity contribution >= 4 is 23.2 Å². The molecule has 0 aliphatic carbocycles. The van der Waals surface area contributed by atoms with Crippen LogP contribution in [0, 0.1) is 0 Å². The average molecular weight is 421 g/mol. The number of hydrogen-bond donors (Lipinski definition) is 2. The largest absolute Gasteiger partial charge is 0.573 e. The zero-order valence-corrected chi connectivity index (χ0v) is 16.4. The van der Waals surface area contributed by atoms with Crippen LogP contribution in [-0.4, -0.2) is 38.3 Å². The van der Waals surface area contributed by atoms with Gasteiger partial charge in [-0.2, -0.15) is 0 Å². The molecule has 0 spiro atoms. The molecule has 0 saturated carbocycles. The summed E-state index contributed by atoms with van der Waals surface area (Å²) in [5, 5.41) is 4.88. The van der Waals surface area contributed by atoms with Gasteiger partial charge in [0.25, 0.3) is 0 Å². The van der Waals surface area contributed by atoms with E-state index in [-0.39, 0.29) is 5.69 Å². The number of ether oxygens (including phenoxy) is 1. The molecule has 0 atom stereocenters. The summed E-state index contributed by atoms with van der Waals surface area (Å²) >= 11 is 0. The second kappa shape index (κ2) is 9.06. The zero-order valence-electron chi connectivity index (χ0n) is 16.4. The maximum Gasteiger partial charge on any atom is 0.573 e. The van der Waals surface area contributed by atoms with Crippen molar-refractivity contribution < 1.29 is 27.5 Å². The molecule has 160 valence electrons. The minimum Gasteiger partial charge on any atom is -0.406 e. The molecule has 30 heavy (non-hydrogen) atoms. The summed E-state index contributed by atoms with van der Waals surface area (Å²) in [6.07, 6.45) is -2.08. The molecule has 0 bridgehead atoms. The van der Waals surface area contributed by atoms with Gasteiger partial charge in [-0.05, 0) is 60.7 Å². The lowest BCUT2D eigenvalue weighted by Crippen LogP contribution is -2.36. The zero-order chi connectivity index (χ0) is 21.7. The number of anilines is 2. The molecule has 0 unspecified atom stereocenters. The number of aryl methyl sites for hydroxylation is 1. The standard InChI is InChI=1S/C21H22F3N3O3/c1-27-12-2-3-15-13-14(4-9-18(15)27)10-11-25-19(28)20(29)26-16-5-7-17(8-6-16)30-21(22,23)24/h4-9,13H,2-3,10-12H2,1H3,(H,25,28)(H,26,29). The minimum absolute atomic E-state index is 0.184. The Morgan fingerprint density at radius 3 is 2.53 bits per heavy atom. The Balaban J connectivity index is 1.46. The topological polar surface area (TPSA) is 70.7 Å². The lowest BCUT2D eigenvalue weighted by Gasteiger charge is -2.27. The lowest BCUT2D eigenvalue weighted by molar-refractivity contribution is -0.274. The first kappa shape index (κ1) is 21.5. The quantitative estimate of drug-likeness (QED) is 0.727. The molecule has 3 rings (SSSR count). The molecule has 0 fully saturated rings. The molecule has 1 aliphatic rings. The SMILES string of the molecule is CN1CCCc2cc(CCNC(=O)C(=O)Nc3ccc(OC(F)(F)F)cc3)ccc21. The summed E-state index contributed by atoms with van der Waals surface area (Å²) in [6.45, 7) is 1.33. The van der Waals surface area contributed by atoms with E-state index in [1.807, 2.05) is 6.07 Å². The summed E-state index contributed by atoms with van der Waals surface area (Å²) in [6, 6.07) is 10.7. The predicted octanol–water partition coefficient (Wildman–Crippen LogP) is 3.27. The summed E-state index contributed by atoms with van der Waals surface area (Å²) < 4.78 is 40.2. The number of nitrogens with zero attached hydrogens (tertiary/aromatic N) is 1. The van der Waals surface area contributed by atoms with Crippen LogP contribution in [-0.2, 0) is 22.4 Å². The Morgan fingerprint density at radius 2 is 1.83 bits per heavy atom. The van der Waals surface area contributed by atoms with Crippen molar-refractivity contribution in [3.05, 3.63) is 53.6 Å². The molecule has 2 aromatic carbocycles.